The maximum Gasteiger partial charge on any atom is 0.243 e. The number of carbonyl (C=O) groups is 2. The molecule has 0 saturated heterocycles. The molecule has 0 aliphatic carbocycles. The van der Waals surface area contributed by atoms with Crippen LogP contribution in [0.15, 0.2) is 59.1 Å². The average molecular weight is 347 g/mol. The van der Waals surface area contributed by atoms with Gasteiger partial charge in [0.05, 0.1) is 13.0 Å². The van der Waals surface area contributed by atoms with Crippen molar-refractivity contribution < 1.29 is 9.59 Å². The molecule has 0 fully saturated rings. The molecule has 0 aromatic heterocycles. The first-order valence-electron chi connectivity index (χ1n) is 6.49. The Morgan fingerprint density at radius 2 is 1.57 bits per heavy atom. The van der Waals surface area contributed by atoms with E-state index in [0.717, 1.165) is 10.0 Å². The van der Waals surface area contributed by atoms with Gasteiger partial charge in [0.2, 0.25) is 11.8 Å². The monoisotopic (exact) mass is 346 g/mol. The summed E-state index contributed by atoms with van der Waals surface area (Å²) >= 11 is 3.32. The van der Waals surface area contributed by atoms with Gasteiger partial charge in [0.1, 0.15) is 0 Å². The Morgan fingerprint density at radius 3 is 2.24 bits per heavy atom. The van der Waals surface area contributed by atoms with Crippen LogP contribution in [0, 0.1) is 0 Å². The molecule has 0 atom stereocenters. The molecule has 0 aliphatic heterocycles. The Morgan fingerprint density at radius 1 is 0.905 bits per heavy atom. The Balaban J connectivity index is 1.76. The maximum absolute atomic E-state index is 11.7. The normalized spacial score (nSPS) is 9.95. The van der Waals surface area contributed by atoms with Gasteiger partial charge in [-0.2, -0.15) is 0 Å². The van der Waals surface area contributed by atoms with E-state index in [4.69, 9.17) is 0 Å². The van der Waals surface area contributed by atoms with Gasteiger partial charge in [-0.15, -0.1) is 0 Å². The van der Waals surface area contributed by atoms with Crippen LogP contribution in [-0.2, 0) is 16.0 Å². The third-order valence-corrected chi connectivity index (χ3v) is 3.31. The van der Waals surface area contributed by atoms with Gasteiger partial charge in [0.15, 0.2) is 0 Å². The highest BCUT2D eigenvalue weighted by atomic mass is 79.9. The lowest BCUT2D eigenvalue weighted by molar-refractivity contribution is -0.123. The fraction of sp³-hybridized carbons (Fsp3) is 0.125. The summed E-state index contributed by atoms with van der Waals surface area (Å²) in [6, 6.07) is 16.6. The molecule has 0 radical (unpaired) electrons. The van der Waals surface area contributed by atoms with Crippen LogP contribution in [0.2, 0.25) is 0 Å². The molecule has 2 aromatic carbocycles. The van der Waals surface area contributed by atoms with Crippen LogP contribution in [0.1, 0.15) is 5.56 Å². The summed E-state index contributed by atoms with van der Waals surface area (Å²) in [5, 5.41) is 5.32. The van der Waals surface area contributed by atoms with Gasteiger partial charge in [0, 0.05) is 10.2 Å². The summed E-state index contributed by atoms with van der Waals surface area (Å²) in [6.45, 7) is -0.0399. The molecule has 0 unspecified atom stereocenters. The molecule has 0 saturated carbocycles. The minimum atomic E-state index is -0.251. The number of halogens is 1. The summed E-state index contributed by atoms with van der Waals surface area (Å²) in [5.74, 6) is -0.425. The summed E-state index contributed by atoms with van der Waals surface area (Å²) in [7, 11) is 0. The van der Waals surface area contributed by atoms with Gasteiger partial charge in [-0.1, -0.05) is 46.3 Å². The molecule has 2 rings (SSSR count). The lowest BCUT2D eigenvalue weighted by Crippen LogP contribution is -2.33. The van der Waals surface area contributed by atoms with Crippen molar-refractivity contribution in [2.24, 2.45) is 0 Å². The summed E-state index contributed by atoms with van der Waals surface area (Å²) in [4.78, 5) is 23.4. The molecule has 5 heteroatoms. The summed E-state index contributed by atoms with van der Waals surface area (Å²) in [6.07, 6.45) is 0.270. The van der Waals surface area contributed by atoms with E-state index >= 15 is 0 Å². The molecule has 0 aliphatic rings. The van der Waals surface area contributed by atoms with E-state index < -0.39 is 0 Å². The van der Waals surface area contributed by atoms with E-state index in [9.17, 15) is 9.59 Å². The van der Waals surface area contributed by atoms with Crippen LogP contribution in [0.5, 0.6) is 0 Å². The predicted molar refractivity (Wildman–Crippen MR) is 85.9 cm³/mol. The van der Waals surface area contributed by atoms with Crippen molar-refractivity contribution in [3.8, 4) is 0 Å². The smallest absolute Gasteiger partial charge is 0.243 e. The first kappa shape index (κ1) is 15.3. The van der Waals surface area contributed by atoms with Gasteiger partial charge < -0.3 is 10.6 Å². The number of rotatable bonds is 5. The zero-order chi connectivity index (χ0) is 15.1. The Kier molecular flexibility index (Phi) is 5.51. The molecule has 0 bridgehead atoms. The number of nitrogens with one attached hydrogen (secondary N) is 2. The zero-order valence-corrected chi connectivity index (χ0v) is 12.9. The highest BCUT2D eigenvalue weighted by molar-refractivity contribution is 9.10. The Hall–Kier alpha value is -2.14. The van der Waals surface area contributed by atoms with Crippen LogP contribution in [-0.4, -0.2) is 18.4 Å². The molecule has 108 valence electrons. The van der Waals surface area contributed by atoms with Crippen molar-refractivity contribution in [3.05, 3.63) is 64.6 Å². The Labute approximate surface area is 131 Å². The van der Waals surface area contributed by atoms with E-state index in [-0.39, 0.29) is 24.8 Å². The predicted octanol–water partition coefficient (Wildman–Crippen LogP) is 2.75. The molecule has 2 N–H and O–H groups in total. The van der Waals surface area contributed by atoms with Gasteiger partial charge in [-0.25, -0.2) is 0 Å². The number of hydrogen-bond donors (Lipinski definition) is 2. The van der Waals surface area contributed by atoms with Crippen molar-refractivity contribution in [3.63, 3.8) is 0 Å². The number of anilines is 1. The van der Waals surface area contributed by atoms with E-state index in [0.29, 0.717) is 5.69 Å². The summed E-state index contributed by atoms with van der Waals surface area (Å²) < 4.78 is 0.941. The fourth-order valence-electron chi connectivity index (χ4n) is 1.76. The van der Waals surface area contributed by atoms with Crippen LogP contribution < -0.4 is 10.6 Å². The van der Waals surface area contributed by atoms with Crippen molar-refractivity contribution in [1.29, 1.82) is 0 Å². The van der Waals surface area contributed by atoms with Crippen LogP contribution in [0.3, 0.4) is 0 Å². The topological polar surface area (TPSA) is 58.2 Å². The highest BCUT2D eigenvalue weighted by Crippen LogP contribution is 2.13. The van der Waals surface area contributed by atoms with Crippen LogP contribution in [0.25, 0.3) is 0 Å². The van der Waals surface area contributed by atoms with Gasteiger partial charge in [0.25, 0.3) is 0 Å². The first-order valence-corrected chi connectivity index (χ1v) is 7.29. The van der Waals surface area contributed by atoms with Crippen LogP contribution in [0.4, 0.5) is 5.69 Å². The molecular weight excluding hydrogens is 332 g/mol. The molecule has 2 amide bonds. The largest absolute Gasteiger partial charge is 0.347 e. The highest BCUT2D eigenvalue weighted by Gasteiger charge is 2.06. The van der Waals surface area contributed by atoms with E-state index in [2.05, 4.69) is 26.6 Å². The van der Waals surface area contributed by atoms with Gasteiger partial charge in [-0.3, -0.25) is 9.59 Å². The third kappa shape index (κ3) is 5.39. The lowest BCUT2D eigenvalue weighted by atomic mass is 10.1. The molecular formula is C16H15BrN2O2. The molecule has 4 nitrogen and oxygen atoms in total. The quantitative estimate of drug-likeness (QED) is 0.874. The average Bonchev–Trinajstić information content (AvgIpc) is 2.49. The first-order chi connectivity index (χ1) is 10.1. The van der Waals surface area contributed by atoms with E-state index in [1.165, 1.54) is 0 Å². The molecule has 2 aromatic rings. The standard InChI is InChI=1S/C16H15BrN2O2/c17-13-6-8-14(9-7-13)19-16(21)11-18-15(20)10-12-4-2-1-3-5-12/h1-9H,10-11H2,(H,18,20)(H,19,21). The third-order valence-electron chi connectivity index (χ3n) is 2.78. The van der Waals surface area contributed by atoms with Crippen LogP contribution >= 0.6 is 15.9 Å². The van der Waals surface area contributed by atoms with E-state index in [1.54, 1.807) is 12.1 Å². The number of hydrogen-bond acceptors (Lipinski definition) is 2. The minimum absolute atomic E-state index is 0.0399. The number of carbonyl (C=O) groups excluding carboxylic acids is 2. The van der Waals surface area contributed by atoms with Crippen molar-refractivity contribution in [2.45, 2.75) is 6.42 Å². The molecule has 0 spiro atoms. The second kappa shape index (κ2) is 7.59. The van der Waals surface area contributed by atoms with Crippen molar-refractivity contribution in [1.82, 2.24) is 5.32 Å². The fourth-order valence-corrected chi connectivity index (χ4v) is 2.03. The van der Waals surface area contributed by atoms with Gasteiger partial charge in [-0.05, 0) is 29.8 Å². The zero-order valence-electron chi connectivity index (χ0n) is 11.3. The minimum Gasteiger partial charge on any atom is -0.347 e. The SMILES string of the molecule is O=C(Cc1ccccc1)NCC(=O)Nc1ccc(Br)cc1. The van der Waals surface area contributed by atoms with Gasteiger partial charge >= 0.3 is 0 Å². The second-order valence-electron chi connectivity index (χ2n) is 4.49. The second-order valence-corrected chi connectivity index (χ2v) is 5.41. The molecule has 0 heterocycles. The summed E-state index contributed by atoms with van der Waals surface area (Å²) in [5.41, 5.74) is 1.61. The Bertz CT molecular complexity index is 612. The number of amides is 2. The molecule has 21 heavy (non-hydrogen) atoms. The van der Waals surface area contributed by atoms with Crippen molar-refractivity contribution in [2.75, 3.05) is 11.9 Å². The van der Waals surface area contributed by atoms with Crippen molar-refractivity contribution >= 4 is 33.4 Å². The van der Waals surface area contributed by atoms with E-state index in [1.807, 2.05) is 42.5 Å². The maximum atomic E-state index is 11.7. The lowest BCUT2D eigenvalue weighted by Gasteiger charge is -2.07. The number of benzene rings is 2.